The molecule has 2 nitrogen and oxygen atoms in total. The molecule has 2 rings (SSSR count). The molecule has 1 aliphatic carbocycles. The highest BCUT2D eigenvalue weighted by molar-refractivity contribution is 5.98. The maximum absolute atomic E-state index is 11.9. The normalized spacial score (nSPS) is 20.8. The minimum absolute atomic E-state index is 0.0474. The smallest absolute Gasteiger partial charge is 0.160 e. The Morgan fingerprint density at radius 3 is 2.69 bits per heavy atom. The summed E-state index contributed by atoms with van der Waals surface area (Å²) in [7, 11) is 0. The van der Waals surface area contributed by atoms with E-state index in [0.717, 1.165) is 24.8 Å². The van der Waals surface area contributed by atoms with E-state index in [1.54, 1.807) is 6.92 Å². The zero-order chi connectivity index (χ0) is 11.5. The van der Waals surface area contributed by atoms with Crippen LogP contribution >= 0.6 is 0 Å². The molecular weight excluding hydrogens is 200 g/mol. The SMILES string of the molecule is CC(=O)c1ccccc1C1CCCCC1=O. The maximum atomic E-state index is 11.9. The van der Waals surface area contributed by atoms with Crippen molar-refractivity contribution >= 4 is 11.6 Å². The van der Waals surface area contributed by atoms with Crippen molar-refractivity contribution in [3.8, 4) is 0 Å². The summed E-state index contributed by atoms with van der Waals surface area (Å²) < 4.78 is 0. The van der Waals surface area contributed by atoms with Crippen LogP contribution in [-0.2, 0) is 4.79 Å². The Hall–Kier alpha value is -1.44. The van der Waals surface area contributed by atoms with E-state index in [1.165, 1.54) is 0 Å². The van der Waals surface area contributed by atoms with Gasteiger partial charge in [-0.15, -0.1) is 0 Å². The molecule has 1 aromatic rings. The van der Waals surface area contributed by atoms with Gasteiger partial charge in [0, 0.05) is 17.9 Å². The lowest BCUT2D eigenvalue weighted by Gasteiger charge is -2.22. The molecule has 1 aromatic carbocycles. The van der Waals surface area contributed by atoms with Crippen molar-refractivity contribution < 1.29 is 9.59 Å². The number of hydrogen-bond donors (Lipinski definition) is 0. The van der Waals surface area contributed by atoms with Gasteiger partial charge in [-0.1, -0.05) is 30.7 Å². The first-order chi connectivity index (χ1) is 7.70. The minimum Gasteiger partial charge on any atom is -0.299 e. The number of rotatable bonds is 2. The molecule has 0 radical (unpaired) electrons. The summed E-state index contributed by atoms with van der Waals surface area (Å²) in [5.74, 6) is 0.294. The standard InChI is InChI=1S/C14H16O2/c1-10(15)11-6-2-3-7-12(11)13-8-4-5-9-14(13)16/h2-3,6-7,13H,4-5,8-9H2,1H3. The summed E-state index contributed by atoms with van der Waals surface area (Å²) in [5.41, 5.74) is 1.64. The highest BCUT2D eigenvalue weighted by Crippen LogP contribution is 2.31. The Morgan fingerprint density at radius 2 is 2.00 bits per heavy atom. The van der Waals surface area contributed by atoms with Crippen LogP contribution in [0.5, 0.6) is 0 Å². The Labute approximate surface area is 95.7 Å². The zero-order valence-corrected chi connectivity index (χ0v) is 9.53. The molecule has 0 aromatic heterocycles. The molecule has 0 spiro atoms. The Bertz CT molecular complexity index is 420. The molecule has 16 heavy (non-hydrogen) atoms. The molecule has 0 bridgehead atoms. The molecule has 1 unspecified atom stereocenters. The van der Waals surface area contributed by atoms with Gasteiger partial charge in [0.2, 0.25) is 0 Å². The molecule has 0 aliphatic heterocycles. The fourth-order valence-corrected chi connectivity index (χ4v) is 2.43. The lowest BCUT2D eigenvalue weighted by Crippen LogP contribution is -2.19. The third-order valence-corrected chi connectivity index (χ3v) is 3.27. The van der Waals surface area contributed by atoms with E-state index in [9.17, 15) is 9.59 Å². The first kappa shape index (κ1) is 11.1. The van der Waals surface area contributed by atoms with Gasteiger partial charge in [-0.25, -0.2) is 0 Å². The topological polar surface area (TPSA) is 34.1 Å². The largest absolute Gasteiger partial charge is 0.299 e. The summed E-state index contributed by atoms with van der Waals surface area (Å²) in [6.45, 7) is 1.56. The number of ketones is 2. The number of hydrogen-bond acceptors (Lipinski definition) is 2. The van der Waals surface area contributed by atoms with E-state index < -0.39 is 0 Å². The van der Waals surface area contributed by atoms with Crippen molar-refractivity contribution in [1.82, 2.24) is 0 Å². The minimum atomic E-state index is -0.0474. The second-order valence-electron chi connectivity index (χ2n) is 4.41. The third-order valence-electron chi connectivity index (χ3n) is 3.27. The van der Waals surface area contributed by atoms with Gasteiger partial charge < -0.3 is 0 Å². The Morgan fingerprint density at radius 1 is 1.25 bits per heavy atom. The fraction of sp³-hybridized carbons (Fsp3) is 0.429. The summed E-state index contributed by atoms with van der Waals surface area (Å²) in [5, 5.41) is 0. The summed E-state index contributed by atoms with van der Waals surface area (Å²) in [6.07, 6.45) is 3.64. The molecule has 0 heterocycles. The van der Waals surface area contributed by atoms with Crippen molar-refractivity contribution in [2.75, 3.05) is 0 Å². The molecule has 1 atom stereocenters. The van der Waals surface area contributed by atoms with Gasteiger partial charge in [0.15, 0.2) is 5.78 Å². The first-order valence-electron chi connectivity index (χ1n) is 5.82. The van der Waals surface area contributed by atoms with Gasteiger partial charge in [0.25, 0.3) is 0 Å². The van der Waals surface area contributed by atoms with Crippen molar-refractivity contribution in [3.63, 3.8) is 0 Å². The van der Waals surface area contributed by atoms with Gasteiger partial charge in [-0.2, -0.15) is 0 Å². The van der Waals surface area contributed by atoms with Crippen LogP contribution in [0.4, 0.5) is 0 Å². The summed E-state index contributed by atoms with van der Waals surface area (Å²) in [4.78, 5) is 23.4. The maximum Gasteiger partial charge on any atom is 0.160 e. The summed E-state index contributed by atoms with van der Waals surface area (Å²) in [6, 6.07) is 7.50. The van der Waals surface area contributed by atoms with E-state index in [1.807, 2.05) is 24.3 Å². The number of carbonyl (C=O) groups excluding carboxylic acids is 2. The molecule has 0 saturated heterocycles. The number of benzene rings is 1. The van der Waals surface area contributed by atoms with Crippen LogP contribution in [0.1, 0.15) is 54.4 Å². The van der Waals surface area contributed by atoms with Crippen LogP contribution in [0, 0.1) is 0 Å². The predicted octanol–water partition coefficient (Wildman–Crippen LogP) is 3.12. The molecule has 0 N–H and O–H groups in total. The summed E-state index contributed by atoms with van der Waals surface area (Å²) >= 11 is 0. The highest BCUT2D eigenvalue weighted by Gasteiger charge is 2.26. The first-order valence-corrected chi connectivity index (χ1v) is 5.82. The van der Waals surface area contributed by atoms with E-state index in [-0.39, 0.29) is 11.7 Å². The van der Waals surface area contributed by atoms with Crippen LogP contribution in [0.3, 0.4) is 0 Å². The van der Waals surface area contributed by atoms with Gasteiger partial charge in [0.1, 0.15) is 5.78 Å². The molecule has 1 saturated carbocycles. The lowest BCUT2D eigenvalue weighted by atomic mass is 9.80. The average molecular weight is 216 g/mol. The number of Topliss-reactive ketones (excluding diaryl/α,β-unsaturated/α-hetero) is 2. The molecular formula is C14H16O2. The van der Waals surface area contributed by atoms with Crippen molar-refractivity contribution in [2.24, 2.45) is 0 Å². The highest BCUT2D eigenvalue weighted by atomic mass is 16.1. The van der Waals surface area contributed by atoms with Crippen LogP contribution in [0.15, 0.2) is 24.3 Å². The second-order valence-corrected chi connectivity index (χ2v) is 4.41. The van der Waals surface area contributed by atoms with E-state index in [2.05, 4.69) is 0 Å². The number of carbonyl (C=O) groups is 2. The van der Waals surface area contributed by atoms with Crippen LogP contribution in [0.2, 0.25) is 0 Å². The van der Waals surface area contributed by atoms with Gasteiger partial charge in [-0.05, 0) is 25.3 Å². The van der Waals surface area contributed by atoms with Crippen LogP contribution in [-0.4, -0.2) is 11.6 Å². The van der Waals surface area contributed by atoms with Crippen LogP contribution in [0.25, 0.3) is 0 Å². The van der Waals surface area contributed by atoms with E-state index in [0.29, 0.717) is 17.8 Å². The molecule has 2 heteroatoms. The van der Waals surface area contributed by atoms with Crippen molar-refractivity contribution in [1.29, 1.82) is 0 Å². The monoisotopic (exact) mass is 216 g/mol. The van der Waals surface area contributed by atoms with E-state index >= 15 is 0 Å². The fourth-order valence-electron chi connectivity index (χ4n) is 2.43. The third kappa shape index (κ3) is 2.06. The van der Waals surface area contributed by atoms with Crippen LogP contribution < -0.4 is 0 Å². The quantitative estimate of drug-likeness (QED) is 0.712. The van der Waals surface area contributed by atoms with Gasteiger partial charge in [-0.3, -0.25) is 9.59 Å². The van der Waals surface area contributed by atoms with E-state index in [4.69, 9.17) is 0 Å². The Kier molecular flexibility index (Phi) is 3.18. The second kappa shape index (κ2) is 4.60. The van der Waals surface area contributed by atoms with Gasteiger partial charge >= 0.3 is 0 Å². The molecule has 84 valence electrons. The lowest BCUT2D eigenvalue weighted by molar-refractivity contribution is -0.121. The predicted molar refractivity (Wildman–Crippen MR) is 62.7 cm³/mol. The van der Waals surface area contributed by atoms with Crippen molar-refractivity contribution in [2.45, 2.75) is 38.5 Å². The molecule has 1 aliphatic rings. The zero-order valence-electron chi connectivity index (χ0n) is 9.53. The van der Waals surface area contributed by atoms with Crippen molar-refractivity contribution in [3.05, 3.63) is 35.4 Å². The average Bonchev–Trinajstić information content (AvgIpc) is 2.29. The van der Waals surface area contributed by atoms with Gasteiger partial charge in [0.05, 0.1) is 0 Å². The Balaban J connectivity index is 2.38. The molecule has 1 fully saturated rings. The molecule has 0 amide bonds.